The molecule has 1 atom stereocenters. The van der Waals surface area contributed by atoms with Gasteiger partial charge in [0.05, 0.1) is 6.54 Å². The van der Waals surface area contributed by atoms with Crippen LogP contribution in [0.3, 0.4) is 0 Å². The molecule has 1 aromatic carbocycles. The molecule has 1 amide bonds. The molecule has 0 aromatic heterocycles. The fraction of sp³-hybridized carbons (Fsp3) is 0.333. The quantitative estimate of drug-likeness (QED) is 0.486. The van der Waals surface area contributed by atoms with Crippen LogP contribution in [0.1, 0.15) is 5.56 Å². The highest BCUT2D eigenvalue weighted by atomic mass is 16.6. The highest BCUT2D eigenvalue weighted by molar-refractivity contribution is 5.80. The van der Waals surface area contributed by atoms with E-state index in [1.54, 1.807) is 24.3 Å². The van der Waals surface area contributed by atoms with Crippen LogP contribution in [0.25, 0.3) is 10.4 Å². The number of ether oxygens (including phenoxy) is 1. The molecule has 0 aliphatic heterocycles. The maximum Gasteiger partial charge on any atom is 0.410 e. The lowest BCUT2D eigenvalue weighted by molar-refractivity contribution is -0.141. The van der Waals surface area contributed by atoms with Gasteiger partial charge >= 0.3 is 12.1 Å². The SMILES string of the molecule is CN(C(=O)OCc1ccccc1)C(CN=[N+]=[N-])C(=O)O. The third-order valence-electron chi connectivity index (χ3n) is 2.56. The largest absolute Gasteiger partial charge is 0.480 e. The zero-order chi connectivity index (χ0) is 15.0. The van der Waals surface area contributed by atoms with E-state index in [0.717, 1.165) is 10.5 Å². The maximum absolute atomic E-state index is 11.7. The summed E-state index contributed by atoms with van der Waals surface area (Å²) in [6, 6.07) is 7.74. The van der Waals surface area contributed by atoms with E-state index in [-0.39, 0.29) is 13.2 Å². The van der Waals surface area contributed by atoms with Gasteiger partial charge in [-0.05, 0) is 11.1 Å². The van der Waals surface area contributed by atoms with Gasteiger partial charge in [-0.2, -0.15) is 0 Å². The van der Waals surface area contributed by atoms with E-state index in [0.29, 0.717) is 0 Å². The number of aliphatic carboxylic acids is 1. The molecule has 0 spiro atoms. The molecule has 1 aromatic rings. The van der Waals surface area contributed by atoms with E-state index in [2.05, 4.69) is 10.0 Å². The number of hydrogen-bond donors (Lipinski definition) is 1. The molecular weight excluding hydrogens is 264 g/mol. The average Bonchev–Trinajstić information content (AvgIpc) is 2.45. The topological polar surface area (TPSA) is 116 Å². The lowest BCUT2D eigenvalue weighted by Crippen LogP contribution is -2.44. The molecule has 0 aliphatic carbocycles. The Morgan fingerprint density at radius 2 is 2.10 bits per heavy atom. The van der Waals surface area contributed by atoms with Gasteiger partial charge in [0.1, 0.15) is 12.6 Å². The van der Waals surface area contributed by atoms with Gasteiger partial charge in [0.15, 0.2) is 0 Å². The smallest absolute Gasteiger partial charge is 0.410 e. The molecule has 1 unspecified atom stereocenters. The van der Waals surface area contributed by atoms with Gasteiger partial charge in [-0.15, -0.1) is 0 Å². The number of nitrogens with zero attached hydrogens (tertiary/aromatic N) is 4. The average molecular weight is 278 g/mol. The Labute approximate surface area is 115 Å². The number of carbonyl (C=O) groups is 2. The molecule has 0 saturated heterocycles. The lowest BCUT2D eigenvalue weighted by atomic mass is 10.2. The monoisotopic (exact) mass is 278 g/mol. The Kier molecular flexibility index (Phi) is 5.86. The van der Waals surface area contributed by atoms with Gasteiger partial charge in [-0.1, -0.05) is 35.4 Å². The normalized spacial score (nSPS) is 11.1. The number of carboxylic acid groups (broad SMARTS) is 1. The molecule has 8 heteroatoms. The molecule has 1 N–H and O–H groups in total. The number of amides is 1. The van der Waals surface area contributed by atoms with Gasteiger partial charge in [0.25, 0.3) is 0 Å². The van der Waals surface area contributed by atoms with Crippen molar-refractivity contribution in [2.24, 2.45) is 5.11 Å². The summed E-state index contributed by atoms with van der Waals surface area (Å²) in [5.74, 6) is -1.27. The van der Waals surface area contributed by atoms with Gasteiger partial charge in [-0.3, -0.25) is 4.90 Å². The number of carbonyl (C=O) groups excluding carboxylic acids is 1. The molecular formula is C12H14N4O4. The van der Waals surface area contributed by atoms with Crippen LogP contribution in [-0.2, 0) is 16.1 Å². The number of azide groups is 1. The molecule has 20 heavy (non-hydrogen) atoms. The van der Waals surface area contributed by atoms with Crippen molar-refractivity contribution in [1.29, 1.82) is 0 Å². The molecule has 0 saturated carbocycles. The van der Waals surface area contributed by atoms with Crippen LogP contribution in [-0.4, -0.2) is 41.7 Å². The summed E-state index contributed by atoms with van der Waals surface area (Å²) < 4.78 is 4.99. The summed E-state index contributed by atoms with van der Waals surface area (Å²) >= 11 is 0. The molecule has 0 bridgehead atoms. The molecule has 1 rings (SSSR count). The Bertz CT molecular complexity index is 513. The van der Waals surface area contributed by atoms with Crippen molar-refractivity contribution in [2.45, 2.75) is 12.6 Å². The number of likely N-dealkylation sites (N-methyl/N-ethyl adjacent to an activating group) is 1. The minimum Gasteiger partial charge on any atom is -0.480 e. The minimum absolute atomic E-state index is 0.0396. The first-order valence-electron chi connectivity index (χ1n) is 5.73. The highest BCUT2D eigenvalue weighted by Crippen LogP contribution is 2.05. The number of rotatable bonds is 6. The van der Waals surface area contributed by atoms with Crippen LogP contribution in [0.2, 0.25) is 0 Å². The second-order valence-corrected chi connectivity index (χ2v) is 3.92. The van der Waals surface area contributed by atoms with Crippen molar-refractivity contribution in [3.63, 3.8) is 0 Å². The zero-order valence-electron chi connectivity index (χ0n) is 10.8. The van der Waals surface area contributed by atoms with Crippen molar-refractivity contribution >= 4 is 12.1 Å². The highest BCUT2D eigenvalue weighted by Gasteiger charge is 2.26. The summed E-state index contributed by atoms with van der Waals surface area (Å²) in [4.78, 5) is 26.1. The first-order valence-corrected chi connectivity index (χ1v) is 5.73. The third kappa shape index (κ3) is 4.51. The summed E-state index contributed by atoms with van der Waals surface area (Å²) in [5, 5.41) is 12.1. The van der Waals surface area contributed by atoms with Crippen LogP contribution in [0.4, 0.5) is 4.79 Å². The minimum atomic E-state index is -1.27. The van der Waals surface area contributed by atoms with E-state index in [4.69, 9.17) is 15.4 Å². The number of benzene rings is 1. The van der Waals surface area contributed by atoms with Crippen LogP contribution in [0.15, 0.2) is 35.4 Å². The summed E-state index contributed by atoms with van der Waals surface area (Å²) in [7, 11) is 1.28. The lowest BCUT2D eigenvalue weighted by Gasteiger charge is -2.22. The Balaban J connectivity index is 2.60. The van der Waals surface area contributed by atoms with E-state index in [1.165, 1.54) is 7.05 Å². The van der Waals surface area contributed by atoms with E-state index >= 15 is 0 Å². The predicted molar refractivity (Wildman–Crippen MR) is 69.8 cm³/mol. The van der Waals surface area contributed by atoms with Gasteiger partial charge in [0, 0.05) is 12.0 Å². The first-order chi connectivity index (χ1) is 9.56. The standard InChI is InChI=1S/C12H14N4O4/c1-16(10(11(17)18)7-14-15-13)12(19)20-8-9-5-3-2-4-6-9/h2-6,10H,7-8H2,1H3,(H,17,18). The fourth-order valence-corrected chi connectivity index (χ4v) is 1.43. The first kappa shape index (κ1) is 15.3. The molecule has 0 aliphatic rings. The van der Waals surface area contributed by atoms with Crippen LogP contribution < -0.4 is 0 Å². The summed E-state index contributed by atoms with van der Waals surface area (Å²) in [5.41, 5.74) is 8.99. The van der Waals surface area contributed by atoms with Crippen molar-refractivity contribution in [3.05, 3.63) is 46.3 Å². The van der Waals surface area contributed by atoms with E-state index in [9.17, 15) is 9.59 Å². The van der Waals surface area contributed by atoms with Crippen molar-refractivity contribution in [3.8, 4) is 0 Å². The number of carboxylic acids is 1. The van der Waals surface area contributed by atoms with Crippen LogP contribution >= 0.6 is 0 Å². The zero-order valence-corrected chi connectivity index (χ0v) is 10.8. The van der Waals surface area contributed by atoms with Gasteiger partial charge in [-0.25, -0.2) is 9.59 Å². The third-order valence-corrected chi connectivity index (χ3v) is 2.56. The summed E-state index contributed by atoms with van der Waals surface area (Å²) in [6.07, 6.45) is -0.797. The Morgan fingerprint density at radius 3 is 2.65 bits per heavy atom. The maximum atomic E-state index is 11.7. The van der Waals surface area contributed by atoms with Crippen molar-refractivity contribution in [2.75, 3.05) is 13.6 Å². The molecule has 8 nitrogen and oxygen atoms in total. The van der Waals surface area contributed by atoms with E-state index < -0.39 is 18.1 Å². The van der Waals surface area contributed by atoms with Crippen LogP contribution in [0.5, 0.6) is 0 Å². The number of hydrogen-bond acceptors (Lipinski definition) is 4. The van der Waals surface area contributed by atoms with E-state index in [1.807, 2.05) is 6.07 Å². The summed E-state index contributed by atoms with van der Waals surface area (Å²) in [6.45, 7) is -0.319. The molecule has 106 valence electrons. The van der Waals surface area contributed by atoms with Crippen molar-refractivity contribution in [1.82, 2.24) is 4.90 Å². The predicted octanol–water partition coefficient (Wildman–Crippen LogP) is 2.02. The fourth-order valence-electron chi connectivity index (χ4n) is 1.43. The molecule has 0 radical (unpaired) electrons. The Morgan fingerprint density at radius 1 is 1.45 bits per heavy atom. The van der Waals surface area contributed by atoms with Gasteiger partial charge < -0.3 is 9.84 Å². The second kappa shape index (κ2) is 7.65. The van der Waals surface area contributed by atoms with Crippen LogP contribution in [0, 0.1) is 0 Å². The Hall–Kier alpha value is -2.73. The van der Waals surface area contributed by atoms with Crippen molar-refractivity contribution < 1.29 is 19.4 Å². The second-order valence-electron chi connectivity index (χ2n) is 3.92. The molecule has 0 fully saturated rings. The molecule has 0 heterocycles. The van der Waals surface area contributed by atoms with Gasteiger partial charge in [0.2, 0.25) is 0 Å².